The summed E-state index contributed by atoms with van der Waals surface area (Å²) in [6, 6.07) is 10.1. The van der Waals surface area contributed by atoms with E-state index in [0.29, 0.717) is 11.3 Å². The van der Waals surface area contributed by atoms with Crippen molar-refractivity contribution in [3.63, 3.8) is 0 Å². The third-order valence-corrected chi connectivity index (χ3v) is 3.64. The Morgan fingerprint density at radius 2 is 2.05 bits per heavy atom. The Labute approximate surface area is 117 Å². The number of aryl methyl sites for hydroxylation is 1. The molecule has 0 radical (unpaired) electrons. The van der Waals surface area contributed by atoms with Gasteiger partial charge in [-0.05, 0) is 30.0 Å². The van der Waals surface area contributed by atoms with E-state index in [4.69, 9.17) is 10.5 Å². The van der Waals surface area contributed by atoms with Crippen molar-refractivity contribution in [2.75, 3.05) is 0 Å². The molecule has 1 aromatic carbocycles. The van der Waals surface area contributed by atoms with Crippen molar-refractivity contribution in [1.29, 1.82) is 0 Å². The molecule has 0 saturated carbocycles. The zero-order chi connectivity index (χ0) is 13.9. The molecular formula is C16H16N2O2. The molecule has 4 nitrogen and oxygen atoms in total. The Balaban J connectivity index is 1.79. The average molecular weight is 268 g/mol. The zero-order valence-electron chi connectivity index (χ0n) is 11.1. The van der Waals surface area contributed by atoms with Gasteiger partial charge in [0.1, 0.15) is 11.9 Å². The standard InChI is InChI=1S/C16H16N2O2/c17-16(19)14-10-18-8-7-15(14)20-13-6-5-11-3-1-2-4-12(11)9-13/h1-4,7-8,10,13H,5-6,9H2,(H2,17,19). The highest BCUT2D eigenvalue weighted by Gasteiger charge is 2.21. The van der Waals surface area contributed by atoms with Crippen molar-refractivity contribution < 1.29 is 9.53 Å². The molecule has 1 heterocycles. The van der Waals surface area contributed by atoms with Crippen molar-refractivity contribution in [2.45, 2.75) is 25.4 Å². The van der Waals surface area contributed by atoms with Gasteiger partial charge in [-0.2, -0.15) is 0 Å². The summed E-state index contributed by atoms with van der Waals surface area (Å²) in [5, 5.41) is 0. The fourth-order valence-electron chi connectivity index (χ4n) is 2.61. The van der Waals surface area contributed by atoms with Gasteiger partial charge < -0.3 is 10.5 Å². The second-order valence-corrected chi connectivity index (χ2v) is 4.99. The molecule has 0 spiro atoms. The number of aromatic nitrogens is 1. The number of nitrogens with two attached hydrogens (primary N) is 1. The summed E-state index contributed by atoms with van der Waals surface area (Å²) in [6.45, 7) is 0. The van der Waals surface area contributed by atoms with Gasteiger partial charge in [0.25, 0.3) is 5.91 Å². The summed E-state index contributed by atoms with van der Waals surface area (Å²) in [5.74, 6) is 0.0150. The van der Waals surface area contributed by atoms with Gasteiger partial charge in [-0.25, -0.2) is 0 Å². The van der Waals surface area contributed by atoms with Crippen molar-refractivity contribution in [2.24, 2.45) is 5.73 Å². The third kappa shape index (κ3) is 2.50. The highest BCUT2D eigenvalue weighted by molar-refractivity contribution is 5.95. The third-order valence-electron chi connectivity index (χ3n) is 3.64. The predicted octanol–water partition coefficient (Wildman–Crippen LogP) is 2.12. The van der Waals surface area contributed by atoms with Crippen LogP contribution in [-0.4, -0.2) is 17.0 Å². The first kappa shape index (κ1) is 12.7. The Morgan fingerprint density at radius 3 is 2.85 bits per heavy atom. The van der Waals surface area contributed by atoms with Crippen molar-refractivity contribution in [1.82, 2.24) is 4.98 Å². The number of hydrogen-bond donors (Lipinski definition) is 1. The van der Waals surface area contributed by atoms with Crippen molar-refractivity contribution >= 4 is 5.91 Å². The van der Waals surface area contributed by atoms with E-state index in [9.17, 15) is 4.79 Å². The number of primary amides is 1. The lowest BCUT2D eigenvalue weighted by Crippen LogP contribution is -2.26. The summed E-state index contributed by atoms with van der Waals surface area (Å²) < 4.78 is 5.96. The largest absolute Gasteiger partial charge is 0.489 e. The van der Waals surface area contributed by atoms with E-state index in [-0.39, 0.29) is 6.10 Å². The first-order chi connectivity index (χ1) is 9.74. The number of carbonyl (C=O) groups is 1. The lowest BCUT2D eigenvalue weighted by molar-refractivity contribution is 0.0991. The van der Waals surface area contributed by atoms with Crippen LogP contribution in [0, 0.1) is 0 Å². The molecule has 1 atom stereocenters. The molecule has 3 rings (SSSR count). The van der Waals surface area contributed by atoms with Crippen LogP contribution in [0.2, 0.25) is 0 Å². The predicted molar refractivity (Wildman–Crippen MR) is 75.6 cm³/mol. The SMILES string of the molecule is NC(=O)c1cnccc1OC1CCc2ccccc2C1. The Bertz CT molecular complexity index is 640. The zero-order valence-corrected chi connectivity index (χ0v) is 11.1. The molecule has 0 saturated heterocycles. The van der Waals surface area contributed by atoms with Gasteiger partial charge in [0.15, 0.2) is 0 Å². The van der Waals surface area contributed by atoms with Gasteiger partial charge in [0.05, 0.1) is 5.56 Å². The van der Waals surface area contributed by atoms with Crippen LogP contribution in [0.15, 0.2) is 42.7 Å². The Morgan fingerprint density at radius 1 is 1.25 bits per heavy atom. The van der Waals surface area contributed by atoms with Gasteiger partial charge in [-0.15, -0.1) is 0 Å². The molecule has 1 unspecified atom stereocenters. The molecule has 4 heteroatoms. The highest BCUT2D eigenvalue weighted by Crippen LogP contribution is 2.26. The molecule has 2 aromatic rings. The minimum Gasteiger partial charge on any atom is -0.489 e. The van der Waals surface area contributed by atoms with Crippen LogP contribution in [-0.2, 0) is 12.8 Å². The molecule has 1 aliphatic carbocycles. The molecular weight excluding hydrogens is 252 g/mol. The van der Waals surface area contributed by atoms with Gasteiger partial charge in [-0.3, -0.25) is 9.78 Å². The van der Waals surface area contributed by atoms with Crippen LogP contribution >= 0.6 is 0 Å². The molecule has 0 fully saturated rings. The normalized spacial score (nSPS) is 17.3. The van der Waals surface area contributed by atoms with Gasteiger partial charge >= 0.3 is 0 Å². The van der Waals surface area contributed by atoms with Crippen LogP contribution in [0.25, 0.3) is 0 Å². The fraction of sp³-hybridized carbons (Fsp3) is 0.250. The van der Waals surface area contributed by atoms with E-state index >= 15 is 0 Å². The maximum Gasteiger partial charge on any atom is 0.254 e. The highest BCUT2D eigenvalue weighted by atomic mass is 16.5. The van der Waals surface area contributed by atoms with E-state index < -0.39 is 5.91 Å². The molecule has 0 bridgehead atoms. The second-order valence-electron chi connectivity index (χ2n) is 4.99. The van der Waals surface area contributed by atoms with Gasteiger partial charge in [0, 0.05) is 18.8 Å². The molecule has 1 aliphatic rings. The minimum atomic E-state index is -0.510. The van der Waals surface area contributed by atoms with E-state index in [0.717, 1.165) is 19.3 Å². The molecule has 2 N–H and O–H groups in total. The van der Waals surface area contributed by atoms with E-state index in [1.54, 1.807) is 12.3 Å². The molecule has 1 aromatic heterocycles. The number of rotatable bonds is 3. The smallest absolute Gasteiger partial charge is 0.254 e. The fourth-order valence-corrected chi connectivity index (χ4v) is 2.61. The van der Waals surface area contributed by atoms with Crippen LogP contribution in [0.5, 0.6) is 5.75 Å². The number of pyridine rings is 1. The Hall–Kier alpha value is -2.36. The summed E-state index contributed by atoms with van der Waals surface area (Å²) in [6.07, 6.45) is 5.93. The molecule has 20 heavy (non-hydrogen) atoms. The number of carbonyl (C=O) groups excluding carboxylic acids is 1. The summed E-state index contributed by atoms with van der Waals surface area (Å²) in [5.41, 5.74) is 8.38. The average Bonchev–Trinajstić information content (AvgIpc) is 2.47. The van der Waals surface area contributed by atoms with E-state index in [2.05, 4.69) is 23.2 Å². The topological polar surface area (TPSA) is 65.2 Å². The monoisotopic (exact) mass is 268 g/mol. The lowest BCUT2D eigenvalue weighted by atomic mass is 9.90. The van der Waals surface area contributed by atoms with Crippen LogP contribution in [0.4, 0.5) is 0 Å². The molecule has 1 amide bonds. The van der Waals surface area contributed by atoms with Crippen molar-refractivity contribution in [3.8, 4) is 5.75 Å². The van der Waals surface area contributed by atoms with Gasteiger partial charge in [-0.1, -0.05) is 24.3 Å². The number of amides is 1. The maximum atomic E-state index is 11.4. The number of hydrogen-bond acceptors (Lipinski definition) is 3. The van der Waals surface area contributed by atoms with Crippen LogP contribution in [0.3, 0.4) is 0 Å². The Kier molecular flexibility index (Phi) is 3.37. The lowest BCUT2D eigenvalue weighted by Gasteiger charge is -2.26. The van der Waals surface area contributed by atoms with E-state index in [1.165, 1.54) is 17.3 Å². The minimum absolute atomic E-state index is 0.0744. The number of ether oxygens (including phenoxy) is 1. The second kappa shape index (κ2) is 5.33. The van der Waals surface area contributed by atoms with Crippen LogP contribution in [0.1, 0.15) is 27.9 Å². The summed E-state index contributed by atoms with van der Waals surface area (Å²) in [7, 11) is 0. The first-order valence-corrected chi connectivity index (χ1v) is 6.71. The first-order valence-electron chi connectivity index (χ1n) is 6.71. The molecule has 0 aliphatic heterocycles. The number of benzene rings is 1. The van der Waals surface area contributed by atoms with E-state index in [1.807, 2.05) is 6.07 Å². The van der Waals surface area contributed by atoms with Gasteiger partial charge in [0.2, 0.25) is 0 Å². The quantitative estimate of drug-likeness (QED) is 0.927. The van der Waals surface area contributed by atoms with Crippen LogP contribution < -0.4 is 10.5 Å². The van der Waals surface area contributed by atoms with Crippen molar-refractivity contribution in [3.05, 3.63) is 59.4 Å². The number of nitrogens with zero attached hydrogens (tertiary/aromatic N) is 1. The summed E-state index contributed by atoms with van der Waals surface area (Å²) >= 11 is 0. The number of fused-ring (bicyclic) bond motifs is 1. The summed E-state index contributed by atoms with van der Waals surface area (Å²) in [4.78, 5) is 15.3. The molecule has 102 valence electrons. The maximum absolute atomic E-state index is 11.4.